The Morgan fingerprint density at radius 2 is 1.70 bits per heavy atom. The van der Waals surface area contributed by atoms with Crippen LogP contribution in [-0.2, 0) is 28.5 Å². The number of methoxy groups -OCH3 is 2. The minimum absolute atomic E-state index is 0.0145. The van der Waals surface area contributed by atoms with Crippen LogP contribution in [0.3, 0.4) is 0 Å². The molecule has 4 aliphatic heterocycles. The molecule has 5 rings (SSSR count). The van der Waals surface area contributed by atoms with E-state index in [2.05, 4.69) is 0 Å². The number of fused-ring (bicyclic) bond motifs is 1. The first-order valence-corrected chi connectivity index (χ1v) is 12.8. The summed E-state index contributed by atoms with van der Waals surface area (Å²) >= 11 is 0. The van der Waals surface area contributed by atoms with E-state index in [-0.39, 0.29) is 48.3 Å². The monoisotopic (exact) mass is 574 g/mol. The third-order valence-electron chi connectivity index (χ3n) is 7.82. The largest absolute Gasteiger partial charge is 0.493 e. The van der Waals surface area contributed by atoms with Gasteiger partial charge in [-0.05, 0) is 17.7 Å². The molecule has 0 amide bonds. The van der Waals surface area contributed by atoms with E-state index >= 15 is 0 Å². The van der Waals surface area contributed by atoms with E-state index in [1.807, 2.05) is 0 Å². The standard InChI is InChI=1S/C25H34O15/c1-33-13-3-10(18-11-6-36-22(31)12(11)7-35-18)4-14(34-2)19(13)39-23-20(17(29)16(28)15(5-26)38-23)40-24-21(30)25(32,8-27)9-37-24/h3-4,11-12,15-18,20-21,23-24,26-30,32H,5-9H2,1-2H3. The number of aliphatic hydroxyl groups excluding tert-OH is 5. The van der Waals surface area contributed by atoms with Crippen molar-refractivity contribution in [1.29, 1.82) is 0 Å². The van der Waals surface area contributed by atoms with Crippen LogP contribution in [0, 0.1) is 11.8 Å². The summed E-state index contributed by atoms with van der Waals surface area (Å²) in [7, 11) is 2.77. The molecule has 15 heteroatoms. The van der Waals surface area contributed by atoms with Gasteiger partial charge in [0.2, 0.25) is 12.0 Å². The molecule has 0 bridgehead atoms. The third kappa shape index (κ3) is 5.00. The Kier molecular flexibility index (Phi) is 8.41. The first-order valence-electron chi connectivity index (χ1n) is 12.8. The van der Waals surface area contributed by atoms with Gasteiger partial charge in [0.15, 0.2) is 23.9 Å². The Labute approximate surface area is 228 Å². The summed E-state index contributed by atoms with van der Waals surface area (Å²) in [5.41, 5.74) is -1.37. The number of benzene rings is 1. The van der Waals surface area contributed by atoms with Crippen LogP contribution < -0.4 is 14.2 Å². The fourth-order valence-corrected chi connectivity index (χ4v) is 5.40. The lowest BCUT2D eigenvalue weighted by Crippen LogP contribution is -2.62. The molecule has 0 saturated carbocycles. The van der Waals surface area contributed by atoms with Crippen molar-refractivity contribution in [3.8, 4) is 17.2 Å². The van der Waals surface area contributed by atoms with Crippen molar-refractivity contribution in [3.63, 3.8) is 0 Å². The van der Waals surface area contributed by atoms with Crippen molar-refractivity contribution in [3.05, 3.63) is 17.7 Å². The van der Waals surface area contributed by atoms with Crippen molar-refractivity contribution in [2.45, 2.75) is 54.8 Å². The summed E-state index contributed by atoms with van der Waals surface area (Å²) in [5, 5.41) is 61.2. The highest BCUT2D eigenvalue weighted by Crippen LogP contribution is 2.48. The first-order chi connectivity index (χ1) is 19.1. The predicted octanol–water partition coefficient (Wildman–Crippen LogP) is -2.79. The third-order valence-corrected chi connectivity index (χ3v) is 7.82. The molecular formula is C25H34O15. The summed E-state index contributed by atoms with van der Waals surface area (Å²) < 4.78 is 44.9. The summed E-state index contributed by atoms with van der Waals surface area (Å²) in [6.45, 7) is -1.52. The molecule has 0 spiro atoms. The van der Waals surface area contributed by atoms with Crippen LogP contribution in [0.15, 0.2) is 12.1 Å². The van der Waals surface area contributed by atoms with Crippen LogP contribution in [0.1, 0.15) is 11.7 Å². The number of hydrogen-bond donors (Lipinski definition) is 6. The lowest BCUT2D eigenvalue weighted by Gasteiger charge is -2.42. The van der Waals surface area contributed by atoms with Gasteiger partial charge in [-0.15, -0.1) is 0 Å². The first kappa shape index (κ1) is 29.2. The van der Waals surface area contributed by atoms with Gasteiger partial charge in [-0.2, -0.15) is 0 Å². The topological polar surface area (TPSA) is 212 Å². The number of aliphatic hydroxyl groups is 6. The molecule has 4 saturated heterocycles. The van der Waals surface area contributed by atoms with Crippen LogP contribution >= 0.6 is 0 Å². The molecule has 15 nitrogen and oxygen atoms in total. The number of cyclic esters (lactones) is 1. The van der Waals surface area contributed by atoms with Crippen molar-refractivity contribution in [1.82, 2.24) is 0 Å². The summed E-state index contributed by atoms with van der Waals surface area (Å²) in [6, 6.07) is 3.26. The van der Waals surface area contributed by atoms with Gasteiger partial charge in [0.05, 0.1) is 59.3 Å². The van der Waals surface area contributed by atoms with E-state index in [0.29, 0.717) is 5.56 Å². The molecule has 11 atom stereocenters. The molecule has 0 aliphatic carbocycles. The molecule has 1 aromatic carbocycles. The van der Waals surface area contributed by atoms with Crippen LogP contribution in [0.5, 0.6) is 17.2 Å². The quantitative estimate of drug-likeness (QED) is 0.165. The van der Waals surface area contributed by atoms with Gasteiger partial charge >= 0.3 is 5.97 Å². The summed E-state index contributed by atoms with van der Waals surface area (Å²) in [4.78, 5) is 12.0. The summed E-state index contributed by atoms with van der Waals surface area (Å²) in [6.07, 6.45) is -11.3. The van der Waals surface area contributed by atoms with Crippen molar-refractivity contribution in [2.75, 3.05) is 47.3 Å². The molecule has 4 aliphatic rings. The molecule has 224 valence electrons. The number of rotatable bonds is 9. The number of esters is 1. The maximum atomic E-state index is 12.0. The summed E-state index contributed by atoms with van der Waals surface area (Å²) in [5.74, 6) is -0.513. The molecule has 6 N–H and O–H groups in total. The molecule has 0 aromatic heterocycles. The van der Waals surface area contributed by atoms with E-state index in [1.54, 1.807) is 12.1 Å². The Bertz CT molecular complexity index is 1040. The van der Waals surface area contributed by atoms with E-state index in [0.717, 1.165) is 0 Å². The second-order valence-electron chi connectivity index (χ2n) is 10.2. The zero-order valence-corrected chi connectivity index (χ0v) is 21.8. The highest BCUT2D eigenvalue weighted by atomic mass is 16.8. The van der Waals surface area contributed by atoms with Gasteiger partial charge in [0.1, 0.15) is 30.0 Å². The molecule has 4 heterocycles. The fraction of sp³-hybridized carbons (Fsp3) is 0.720. The second kappa shape index (κ2) is 11.5. The second-order valence-corrected chi connectivity index (χ2v) is 10.2. The van der Waals surface area contributed by atoms with Gasteiger partial charge in [-0.1, -0.05) is 0 Å². The fourth-order valence-electron chi connectivity index (χ4n) is 5.40. The molecule has 0 radical (unpaired) electrons. The Balaban J connectivity index is 1.43. The molecule has 4 fully saturated rings. The minimum Gasteiger partial charge on any atom is -0.493 e. The Hall–Kier alpha value is -2.31. The SMILES string of the molecule is COc1cc(C2OCC3C(=O)OCC32)cc(OC)c1OC1OC(CO)C(O)C(O)C1OC1OCC(O)(CO)C1O. The zero-order valence-electron chi connectivity index (χ0n) is 21.8. The molecule has 1 aromatic rings. The van der Waals surface area contributed by atoms with Gasteiger partial charge < -0.3 is 68.5 Å². The van der Waals surface area contributed by atoms with Gasteiger partial charge in [0, 0.05) is 5.92 Å². The van der Waals surface area contributed by atoms with E-state index in [4.69, 9.17) is 37.9 Å². The van der Waals surface area contributed by atoms with Crippen molar-refractivity contribution < 1.29 is 73.3 Å². The number of carbonyl (C=O) groups is 1. The highest BCUT2D eigenvalue weighted by molar-refractivity contribution is 5.75. The Morgan fingerprint density at radius 3 is 2.30 bits per heavy atom. The van der Waals surface area contributed by atoms with Crippen LogP contribution in [0.25, 0.3) is 0 Å². The lowest BCUT2D eigenvalue weighted by atomic mass is 9.90. The van der Waals surface area contributed by atoms with E-state index in [9.17, 15) is 35.4 Å². The minimum atomic E-state index is -2.01. The van der Waals surface area contributed by atoms with Crippen LogP contribution in [0.2, 0.25) is 0 Å². The number of hydrogen-bond acceptors (Lipinski definition) is 15. The highest BCUT2D eigenvalue weighted by Gasteiger charge is 2.54. The van der Waals surface area contributed by atoms with E-state index < -0.39 is 74.6 Å². The maximum absolute atomic E-state index is 12.0. The normalized spacial score (nSPS) is 41.0. The van der Waals surface area contributed by atoms with Gasteiger partial charge in [-0.25, -0.2) is 0 Å². The molecule has 11 unspecified atom stereocenters. The van der Waals surface area contributed by atoms with Gasteiger partial charge in [-0.3, -0.25) is 4.79 Å². The van der Waals surface area contributed by atoms with Crippen molar-refractivity contribution in [2.24, 2.45) is 11.8 Å². The maximum Gasteiger partial charge on any atom is 0.311 e. The van der Waals surface area contributed by atoms with Crippen LogP contribution in [-0.4, -0.2) is 133 Å². The predicted molar refractivity (Wildman–Crippen MR) is 127 cm³/mol. The number of ether oxygens (including phenoxy) is 8. The average Bonchev–Trinajstić information content (AvgIpc) is 3.63. The lowest BCUT2D eigenvalue weighted by molar-refractivity contribution is -0.319. The molecular weight excluding hydrogens is 540 g/mol. The smallest absolute Gasteiger partial charge is 0.311 e. The van der Waals surface area contributed by atoms with E-state index in [1.165, 1.54) is 14.2 Å². The Morgan fingerprint density at radius 1 is 1.00 bits per heavy atom. The van der Waals surface area contributed by atoms with Crippen LogP contribution in [0.4, 0.5) is 0 Å². The van der Waals surface area contributed by atoms with Gasteiger partial charge in [0.25, 0.3) is 0 Å². The average molecular weight is 575 g/mol. The van der Waals surface area contributed by atoms with Crippen molar-refractivity contribution >= 4 is 5.97 Å². The number of carbonyl (C=O) groups excluding carboxylic acids is 1. The molecule has 40 heavy (non-hydrogen) atoms. The zero-order chi connectivity index (χ0) is 28.8.